The van der Waals surface area contributed by atoms with Crippen molar-refractivity contribution < 1.29 is 44.9 Å². The topological polar surface area (TPSA) is 84.5 Å². The average Bonchev–Trinajstić information content (AvgIpc) is 1.90. The van der Waals surface area contributed by atoms with E-state index in [2.05, 4.69) is 4.98 Å². The normalized spacial score (nSPS) is 7.27. The third kappa shape index (κ3) is 4.10. The first-order chi connectivity index (χ1) is 4.30. The molecule has 1 rings (SSSR count). The molecular formula is C6H6NNaO3. The van der Waals surface area contributed by atoms with E-state index < -0.39 is 5.97 Å². The van der Waals surface area contributed by atoms with Gasteiger partial charge in [0.05, 0.1) is 5.97 Å². The molecule has 54 valence electrons. The van der Waals surface area contributed by atoms with Crippen LogP contribution in [0.1, 0.15) is 10.4 Å². The van der Waals surface area contributed by atoms with Crippen molar-refractivity contribution in [1.29, 1.82) is 0 Å². The van der Waals surface area contributed by atoms with Gasteiger partial charge in [-0.3, -0.25) is 4.98 Å². The Balaban J connectivity index is 0. The summed E-state index contributed by atoms with van der Waals surface area (Å²) in [7, 11) is 0. The van der Waals surface area contributed by atoms with Crippen LogP contribution in [0.15, 0.2) is 24.5 Å². The number of nitrogens with zero attached hydrogens (tertiary/aromatic N) is 1. The molecule has 0 aliphatic rings. The molecule has 0 saturated heterocycles. The molecule has 0 aromatic carbocycles. The van der Waals surface area contributed by atoms with Crippen LogP contribution < -0.4 is 34.7 Å². The summed E-state index contributed by atoms with van der Waals surface area (Å²) in [6, 6.07) is 2.98. The molecule has 0 saturated carbocycles. The zero-order valence-electron chi connectivity index (χ0n) is 6.07. The molecule has 0 unspecified atom stereocenters. The first-order valence-corrected chi connectivity index (χ1v) is 2.42. The second-order valence-electron chi connectivity index (χ2n) is 1.53. The van der Waals surface area contributed by atoms with Gasteiger partial charge in [0, 0.05) is 18.0 Å². The fourth-order valence-electron chi connectivity index (χ4n) is 0.484. The summed E-state index contributed by atoms with van der Waals surface area (Å²) in [6.45, 7) is 0. The fraction of sp³-hybridized carbons (Fsp3) is 0. The van der Waals surface area contributed by atoms with Crippen molar-refractivity contribution in [2.75, 3.05) is 0 Å². The van der Waals surface area contributed by atoms with Gasteiger partial charge in [-0.1, -0.05) is 6.07 Å². The van der Waals surface area contributed by atoms with Crippen molar-refractivity contribution in [2.24, 2.45) is 0 Å². The SMILES string of the molecule is O.O=C([O-])c1cccnc1.[Na+]. The van der Waals surface area contributed by atoms with Crippen molar-refractivity contribution in [3.63, 3.8) is 0 Å². The van der Waals surface area contributed by atoms with E-state index >= 15 is 0 Å². The van der Waals surface area contributed by atoms with Crippen LogP contribution in [0, 0.1) is 0 Å². The first kappa shape index (κ1) is 13.2. The Kier molecular flexibility index (Phi) is 7.55. The van der Waals surface area contributed by atoms with Crippen LogP contribution in [0.5, 0.6) is 0 Å². The molecule has 1 aromatic heterocycles. The van der Waals surface area contributed by atoms with Crippen LogP contribution in [-0.4, -0.2) is 16.4 Å². The minimum atomic E-state index is -1.19. The summed E-state index contributed by atoms with van der Waals surface area (Å²) < 4.78 is 0. The zero-order chi connectivity index (χ0) is 6.69. The predicted molar refractivity (Wildman–Crippen MR) is 32.2 cm³/mol. The molecule has 0 spiro atoms. The summed E-state index contributed by atoms with van der Waals surface area (Å²) in [6.07, 6.45) is 2.75. The number of hydrogen-bond acceptors (Lipinski definition) is 3. The van der Waals surface area contributed by atoms with Crippen LogP contribution in [0.2, 0.25) is 0 Å². The molecule has 1 aromatic rings. The molecule has 0 fully saturated rings. The van der Waals surface area contributed by atoms with Gasteiger partial charge in [-0.25, -0.2) is 0 Å². The van der Waals surface area contributed by atoms with Crippen molar-refractivity contribution in [3.8, 4) is 0 Å². The molecule has 2 N–H and O–H groups in total. The third-order valence-corrected chi connectivity index (χ3v) is 0.897. The number of pyridine rings is 1. The summed E-state index contributed by atoms with van der Waals surface area (Å²) in [5.41, 5.74) is 0.109. The fourth-order valence-corrected chi connectivity index (χ4v) is 0.484. The van der Waals surface area contributed by atoms with Crippen molar-refractivity contribution in [2.45, 2.75) is 0 Å². The molecule has 0 atom stereocenters. The van der Waals surface area contributed by atoms with Crippen LogP contribution >= 0.6 is 0 Å². The maximum atomic E-state index is 10.0. The van der Waals surface area contributed by atoms with E-state index in [9.17, 15) is 9.90 Å². The van der Waals surface area contributed by atoms with Crippen LogP contribution in [0.25, 0.3) is 0 Å². The van der Waals surface area contributed by atoms with Gasteiger partial charge in [-0.15, -0.1) is 0 Å². The molecule has 0 aliphatic heterocycles. The quantitative estimate of drug-likeness (QED) is 0.392. The number of aromatic nitrogens is 1. The predicted octanol–water partition coefficient (Wildman–Crippen LogP) is -4.38. The number of carbonyl (C=O) groups is 1. The van der Waals surface area contributed by atoms with E-state index in [0.717, 1.165) is 0 Å². The number of rotatable bonds is 1. The molecule has 4 nitrogen and oxygen atoms in total. The molecule has 0 radical (unpaired) electrons. The number of aromatic carboxylic acids is 1. The minimum absolute atomic E-state index is 0. The zero-order valence-corrected chi connectivity index (χ0v) is 8.07. The Morgan fingerprint density at radius 1 is 1.55 bits per heavy atom. The van der Waals surface area contributed by atoms with Crippen molar-refractivity contribution in [1.82, 2.24) is 4.98 Å². The molecular weight excluding hydrogens is 157 g/mol. The second kappa shape index (κ2) is 6.30. The van der Waals surface area contributed by atoms with Gasteiger partial charge in [0.1, 0.15) is 0 Å². The van der Waals surface area contributed by atoms with Gasteiger partial charge in [0.25, 0.3) is 0 Å². The van der Waals surface area contributed by atoms with Crippen LogP contribution in [-0.2, 0) is 0 Å². The third-order valence-electron chi connectivity index (χ3n) is 0.897. The van der Waals surface area contributed by atoms with Gasteiger partial charge in [-0.05, 0) is 6.07 Å². The number of carbonyl (C=O) groups excluding carboxylic acids is 1. The minimum Gasteiger partial charge on any atom is -0.545 e. The maximum Gasteiger partial charge on any atom is 1.00 e. The Morgan fingerprint density at radius 2 is 2.18 bits per heavy atom. The van der Waals surface area contributed by atoms with E-state index in [1.165, 1.54) is 18.5 Å². The number of hydrogen-bond donors (Lipinski definition) is 0. The Labute approximate surface area is 85.9 Å². The van der Waals surface area contributed by atoms with E-state index in [1.807, 2.05) is 0 Å². The van der Waals surface area contributed by atoms with Crippen molar-refractivity contribution in [3.05, 3.63) is 30.1 Å². The Hall–Kier alpha value is -0.420. The largest absolute Gasteiger partial charge is 1.00 e. The second-order valence-corrected chi connectivity index (χ2v) is 1.53. The van der Waals surface area contributed by atoms with Gasteiger partial charge in [0.15, 0.2) is 0 Å². The summed E-state index contributed by atoms with van der Waals surface area (Å²) in [5, 5.41) is 10.0. The number of carboxylic acid groups (broad SMARTS) is 1. The summed E-state index contributed by atoms with van der Waals surface area (Å²) in [4.78, 5) is 13.6. The Bertz CT molecular complexity index is 214. The van der Waals surface area contributed by atoms with Crippen LogP contribution in [0.4, 0.5) is 0 Å². The van der Waals surface area contributed by atoms with E-state index in [4.69, 9.17) is 0 Å². The smallest absolute Gasteiger partial charge is 0.545 e. The van der Waals surface area contributed by atoms with Gasteiger partial charge in [0.2, 0.25) is 0 Å². The molecule has 0 aliphatic carbocycles. The van der Waals surface area contributed by atoms with Gasteiger partial charge >= 0.3 is 29.6 Å². The molecule has 0 bridgehead atoms. The van der Waals surface area contributed by atoms with E-state index in [1.54, 1.807) is 6.07 Å². The van der Waals surface area contributed by atoms with Crippen LogP contribution in [0.3, 0.4) is 0 Å². The van der Waals surface area contributed by atoms with Gasteiger partial charge < -0.3 is 15.4 Å². The molecule has 0 amide bonds. The molecule has 1 heterocycles. The summed E-state index contributed by atoms with van der Waals surface area (Å²) >= 11 is 0. The Morgan fingerprint density at radius 3 is 2.45 bits per heavy atom. The maximum absolute atomic E-state index is 10.0. The molecule has 5 heteroatoms. The van der Waals surface area contributed by atoms with E-state index in [-0.39, 0.29) is 40.6 Å². The standard InChI is InChI=1S/C6H5NO2.Na.H2O/c8-6(9)5-2-1-3-7-4-5;;/h1-4H,(H,8,9);;1H2/q;+1;/p-1. The molecule has 11 heavy (non-hydrogen) atoms. The van der Waals surface area contributed by atoms with Gasteiger partial charge in [-0.2, -0.15) is 0 Å². The summed E-state index contributed by atoms with van der Waals surface area (Å²) in [5.74, 6) is -1.19. The average molecular weight is 163 g/mol. The van der Waals surface area contributed by atoms with Crippen molar-refractivity contribution >= 4 is 5.97 Å². The monoisotopic (exact) mass is 163 g/mol. The first-order valence-electron chi connectivity index (χ1n) is 2.42. The van der Waals surface area contributed by atoms with E-state index in [0.29, 0.717) is 0 Å². The number of carboxylic acids is 1.